The van der Waals surface area contributed by atoms with E-state index in [1.807, 2.05) is 7.05 Å². The van der Waals surface area contributed by atoms with Crippen molar-refractivity contribution in [1.82, 2.24) is 15.1 Å². The molecule has 27 heavy (non-hydrogen) atoms. The van der Waals surface area contributed by atoms with Crippen molar-refractivity contribution in [3.8, 4) is 0 Å². The molecule has 2 aliphatic rings. The molecule has 0 spiro atoms. The lowest BCUT2D eigenvalue weighted by atomic mass is 9.98. The van der Waals surface area contributed by atoms with Gasteiger partial charge >= 0.3 is 0 Å². The first kappa shape index (κ1) is 24.9. The highest BCUT2D eigenvalue weighted by molar-refractivity contribution is 14.0. The summed E-state index contributed by atoms with van der Waals surface area (Å²) in [5.41, 5.74) is 0.166. The summed E-state index contributed by atoms with van der Waals surface area (Å²) in [5.74, 6) is 1.04. The molecule has 160 valence electrons. The van der Waals surface area contributed by atoms with E-state index in [4.69, 9.17) is 9.47 Å². The lowest BCUT2D eigenvalue weighted by Gasteiger charge is -2.42. The molecular formula is C20H41IN4O2. The molecular weight excluding hydrogens is 455 g/mol. The second-order valence-electron chi connectivity index (χ2n) is 8.16. The van der Waals surface area contributed by atoms with Crippen LogP contribution in [-0.4, -0.2) is 87.5 Å². The molecule has 2 heterocycles. The largest absolute Gasteiger partial charge is 0.385 e. The third-order valence-electron chi connectivity index (χ3n) is 5.69. The van der Waals surface area contributed by atoms with Crippen molar-refractivity contribution in [1.29, 1.82) is 0 Å². The van der Waals surface area contributed by atoms with Crippen LogP contribution in [0.2, 0.25) is 0 Å². The van der Waals surface area contributed by atoms with Crippen LogP contribution in [-0.2, 0) is 9.47 Å². The van der Waals surface area contributed by atoms with Crippen LogP contribution in [0.25, 0.3) is 0 Å². The summed E-state index contributed by atoms with van der Waals surface area (Å²) < 4.78 is 11.0. The zero-order valence-electron chi connectivity index (χ0n) is 17.8. The first-order valence-electron chi connectivity index (χ1n) is 10.4. The van der Waals surface area contributed by atoms with Crippen molar-refractivity contribution in [2.75, 3.05) is 60.1 Å². The predicted octanol–water partition coefficient (Wildman–Crippen LogP) is 2.96. The predicted molar refractivity (Wildman–Crippen MR) is 123 cm³/mol. The number of piperidine rings is 2. The zero-order valence-corrected chi connectivity index (χ0v) is 20.2. The molecule has 0 unspecified atom stereocenters. The molecule has 0 radical (unpaired) electrons. The maximum absolute atomic E-state index is 5.97. The molecule has 0 aromatic rings. The number of ether oxygens (including phenoxy) is 2. The molecule has 0 atom stereocenters. The second-order valence-corrected chi connectivity index (χ2v) is 8.16. The minimum atomic E-state index is 0. The lowest BCUT2D eigenvalue weighted by Crippen LogP contribution is -2.56. The van der Waals surface area contributed by atoms with Crippen molar-refractivity contribution in [3.05, 3.63) is 0 Å². The van der Waals surface area contributed by atoms with Gasteiger partial charge in [-0.05, 0) is 59.0 Å². The van der Waals surface area contributed by atoms with Gasteiger partial charge in [-0.25, -0.2) is 0 Å². The summed E-state index contributed by atoms with van der Waals surface area (Å²) in [6.45, 7) is 11.7. The van der Waals surface area contributed by atoms with Crippen LogP contribution in [0.1, 0.15) is 52.4 Å². The standard InChI is InChI=1S/C20H40N4O2.HI/c1-20(2,24-11-6-5-7-12-24)17-22-19(21-3)23-13-9-18(10-14-23)26-16-8-15-25-4;/h18H,5-17H2,1-4H3,(H,21,22);1H. The quantitative estimate of drug-likeness (QED) is 0.243. The Morgan fingerprint density at radius 1 is 1.07 bits per heavy atom. The van der Waals surface area contributed by atoms with Crippen molar-refractivity contribution < 1.29 is 9.47 Å². The fraction of sp³-hybridized carbons (Fsp3) is 0.950. The summed E-state index contributed by atoms with van der Waals surface area (Å²) in [4.78, 5) is 9.53. The van der Waals surface area contributed by atoms with Crippen molar-refractivity contribution >= 4 is 29.9 Å². The Kier molecular flexibility index (Phi) is 12.2. The average Bonchev–Trinajstić information content (AvgIpc) is 2.67. The molecule has 2 aliphatic heterocycles. The summed E-state index contributed by atoms with van der Waals surface area (Å²) >= 11 is 0. The first-order valence-corrected chi connectivity index (χ1v) is 10.4. The topological polar surface area (TPSA) is 49.3 Å². The number of aliphatic imine (C=N–C) groups is 1. The normalized spacial score (nSPS) is 20.4. The van der Waals surface area contributed by atoms with Crippen LogP contribution in [0.5, 0.6) is 0 Å². The average molecular weight is 496 g/mol. The molecule has 0 amide bonds. The molecule has 1 N–H and O–H groups in total. The van der Waals surface area contributed by atoms with E-state index in [-0.39, 0.29) is 29.5 Å². The molecule has 6 nitrogen and oxygen atoms in total. The highest BCUT2D eigenvalue weighted by Gasteiger charge is 2.29. The number of guanidine groups is 1. The van der Waals surface area contributed by atoms with Gasteiger partial charge in [-0.15, -0.1) is 24.0 Å². The SMILES string of the molecule is CN=C(NCC(C)(C)N1CCCCC1)N1CCC(OCCCOC)CC1.I. The fourth-order valence-corrected chi connectivity index (χ4v) is 3.93. The van der Waals surface area contributed by atoms with Gasteiger partial charge in [-0.2, -0.15) is 0 Å². The van der Waals surface area contributed by atoms with E-state index < -0.39 is 0 Å². The van der Waals surface area contributed by atoms with Gasteiger partial charge < -0.3 is 19.7 Å². The smallest absolute Gasteiger partial charge is 0.193 e. The van der Waals surface area contributed by atoms with Gasteiger partial charge in [-0.1, -0.05) is 6.42 Å². The van der Waals surface area contributed by atoms with Gasteiger partial charge in [0, 0.05) is 52.5 Å². The third kappa shape index (κ3) is 8.41. The number of nitrogens with zero attached hydrogens (tertiary/aromatic N) is 3. The van der Waals surface area contributed by atoms with Crippen LogP contribution in [0.15, 0.2) is 4.99 Å². The molecule has 2 saturated heterocycles. The molecule has 0 aromatic heterocycles. The fourth-order valence-electron chi connectivity index (χ4n) is 3.93. The zero-order chi connectivity index (χ0) is 18.8. The van der Waals surface area contributed by atoms with E-state index >= 15 is 0 Å². The van der Waals surface area contributed by atoms with Gasteiger partial charge in [0.1, 0.15) is 0 Å². The van der Waals surface area contributed by atoms with E-state index in [9.17, 15) is 0 Å². The summed E-state index contributed by atoms with van der Waals surface area (Å²) in [6, 6.07) is 0. The van der Waals surface area contributed by atoms with Crippen LogP contribution in [0.3, 0.4) is 0 Å². The highest BCUT2D eigenvalue weighted by Crippen LogP contribution is 2.20. The van der Waals surface area contributed by atoms with Crippen molar-refractivity contribution in [2.45, 2.75) is 64.0 Å². The van der Waals surface area contributed by atoms with Gasteiger partial charge in [0.15, 0.2) is 5.96 Å². The van der Waals surface area contributed by atoms with Gasteiger partial charge in [-0.3, -0.25) is 9.89 Å². The summed E-state index contributed by atoms with van der Waals surface area (Å²) in [6.07, 6.45) is 7.54. The molecule has 2 fully saturated rings. The molecule has 0 aliphatic carbocycles. The van der Waals surface area contributed by atoms with E-state index in [0.717, 1.165) is 58.1 Å². The number of rotatable bonds is 8. The summed E-state index contributed by atoms with van der Waals surface area (Å²) in [5, 5.41) is 3.63. The van der Waals surface area contributed by atoms with Crippen LogP contribution < -0.4 is 5.32 Å². The number of likely N-dealkylation sites (tertiary alicyclic amines) is 2. The highest BCUT2D eigenvalue weighted by atomic mass is 127. The van der Waals surface area contributed by atoms with Crippen LogP contribution in [0.4, 0.5) is 0 Å². The Morgan fingerprint density at radius 2 is 1.74 bits per heavy atom. The van der Waals surface area contributed by atoms with E-state index in [2.05, 4.69) is 34.0 Å². The van der Waals surface area contributed by atoms with Crippen molar-refractivity contribution in [2.24, 2.45) is 4.99 Å². The van der Waals surface area contributed by atoms with Crippen LogP contribution >= 0.6 is 24.0 Å². The minimum absolute atomic E-state index is 0. The lowest BCUT2D eigenvalue weighted by molar-refractivity contribution is 0.00972. The number of halogens is 1. The molecule has 0 saturated carbocycles. The van der Waals surface area contributed by atoms with E-state index in [1.54, 1.807) is 7.11 Å². The summed E-state index contributed by atoms with van der Waals surface area (Å²) in [7, 11) is 3.63. The number of hydrogen-bond donors (Lipinski definition) is 1. The van der Waals surface area contributed by atoms with Gasteiger partial charge in [0.25, 0.3) is 0 Å². The van der Waals surface area contributed by atoms with Gasteiger partial charge in [0.2, 0.25) is 0 Å². The Morgan fingerprint density at radius 3 is 2.33 bits per heavy atom. The number of nitrogens with one attached hydrogen (secondary N) is 1. The van der Waals surface area contributed by atoms with E-state index in [1.165, 1.54) is 32.4 Å². The minimum Gasteiger partial charge on any atom is -0.385 e. The third-order valence-corrected chi connectivity index (χ3v) is 5.69. The number of hydrogen-bond acceptors (Lipinski definition) is 4. The maximum atomic E-state index is 5.97. The van der Waals surface area contributed by atoms with Gasteiger partial charge in [0.05, 0.1) is 6.10 Å². The Hall–Kier alpha value is -0.120. The monoisotopic (exact) mass is 496 g/mol. The van der Waals surface area contributed by atoms with E-state index in [0.29, 0.717) is 6.10 Å². The van der Waals surface area contributed by atoms with Crippen LogP contribution in [0, 0.1) is 0 Å². The Balaban J connectivity index is 0.00000364. The second kappa shape index (κ2) is 13.2. The Bertz CT molecular complexity index is 420. The molecule has 0 aromatic carbocycles. The maximum Gasteiger partial charge on any atom is 0.193 e. The molecule has 7 heteroatoms. The first-order chi connectivity index (χ1) is 12.6. The number of methoxy groups -OCH3 is 1. The van der Waals surface area contributed by atoms with Crippen molar-refractivity contribution in [3.63, 3.8) is 0 Å². The molecule has 2 rings (SSSR count). The molecule has 0 bridgehead atoms. The Labute approximate surface area is 183 Å².